The minimum Gasteiger partial charge on any atom is -0.466 e. The SMILES string of the molecule is C[C@H](CNC(=O)NC[C@@](C)(O)c1ccco1)C(C)(C)C. The average Bonchev–Trinajstić information content (AvgIpc) is 2.86. The Labute approximate surface area is 120 Å². The highest BCUT2D eigenvalue weighted by atomic mass is 16.4. The first kappa shape index (κ1) is 16.6. The van der Waals surface area contributed by atoms with Gasteiger partial charge in [-0.3, -0.25) is 0 Å². The second kappa shape index (κ2) is 6.31. The number of furan rings is 1. The molecule has 0 spiro atoms. The minimum atomic E-state index is -1.21. The molecule has 5 heteroatoms. The van der Waals surface area contributed by atoms with Crippen LogP contribution in [0.5, 0.6) is 0 Å². The van der Waals surface area contributed by atoms with E-state index in [0.29, 0.717) is 18.2 Å². The lowest BCUT2D eigenvalue weighted by molar-refractivity contribution is 0.0367. The van der Waals surface area contributed by atoms with E-state index in [1.165, 1.54) is 6.26 Å². The summed E-state index contributed by atoms with van der Waals surface area (Å²) in [5, 5.41) is 15.7. The van der Waals surface area contributed by atoms with E-state index in [4.69, 9.17) is 4.42 Å². The quantitative estimate of drug-likeness (QED) is 0.776. The van der Waals surface area contributed by atoms with Crippen LogP contribution in [0.3, 0.4) is 0 Å². The maximum absolute atomic E-state index is 11.7. The molecule has 0 fully saturated rings. The van der Waals surface area contributed by atoms with Gasteiger partial charge in [0.05, 0.1) is 12.8 Å². The second-order valence-electron chi connectivity index (χ2n) is 6.58. The van der Waals surface area contributed by atoms with E-state index in [2.05, 4.69) is 38.3 Å². The van der Waals surface area contributed by atoms with Gasteiger partial charge in [0.1, 0.15) is 11.4 Å². The molecular formula is C15H26N2O3. The Morgan fingerprint density at radius 2 is 2.00 bits per heavy atom. The average molecular weight is 282 g/mol. The first-order valence-electron chi connectivity index (χ1n) is 6.91. The van der Waals surface area contributed by atoms with Crippen LogP contribution in [0.1, 0.15) is 40.4 Å². The van der Waals surface area contributed by atoms with Gasteiger partial charge in [0, 0.05) is 6.54 Å². The second-order valence-corrected chi connectivity index (χ2v) is 6.58. The maximum Gasteiger partial charge on any atom is 0.314 e. The molecule has 2 amide bonds. The smallest absolute Gasteiger partial charge is 0.314 e. The van der Waals surface area contributed by atoms with Crippen LogP contribution in [0.25, 0.3) is 0 Å². The molecule has 3 N–H and O–H groups in total. The summed E-state index contributed by atoms with van der Waals surface area (Å²) >= 11 is 0. The van der Waals surface area contributed by atoms with Crippen LogP contribution < -0.4 is 10.6 Å². The van der Waals surface area contributed by atoms with E-state index in [-0.39, 0.29) is 18.0 Å². The molecule has 0 saturated heterocycles. The van der Waals surface area contributed by atoms with Crippen molar-refractivity contribution in [3.05, 3.63) is 24.2 Å². The summed E-state index contributed by atoms with van der Waals surface area (Å²) in [5.74, 6) is 0.791. The first-order valence-corrected chi connectivity index (χ1v) is 6.91. The molecule has 1 rings (SSSR count). The number of rotatable bonds is 5. The fourth-order valence-corrected chi connectivity index (χ4v) is 1.54. The highest BCUT2D eigenvalue weighted by molar-refractivity contribution is 5.73. The van der Waals surface area contributed by atoms with Crippen molar-refractivity contribution < 1.29 is 14.3 Å². The number of nitrogens with one attached hydrogen (secondary N) is 2. The molecule has 0 aromatic carbocycles. The van der Waals surface area contributed by atoms with Crippen molar-refractivity contribution >= 4 is 6.03 Å². The van der Waals surface area contributed by atoms with Gasteiger partial charge >= 0.3 is 6.03 Å². The summed E-state index contributed by atoms with van der Waals surface area (Å²) in [6.07, 6.45) is 1.49. The van der Waals surface area contributed by atoms with Crippen molar-refractivity contribution in [2.45, 2.75) is 40.2 Å². The summed E-state index contributed by atoms with van der Waals surface area (Å²) < 4.78 is 5.15. The molecule has 0 bridgehead atoms. The van der Waals surface area contributed by atoms with E-state index < -0.39 is 5.60 Å². The molecule has 2 atom stereocenters. The number of urea groups is 1. The first-order chi connectivity index (χ1) is 9.13. The summed E-state index contributed by atoms with van der Waals surface area (Å²) in [4.78, 5) is 11.7. The van der Waals surface area contributed by atoms with Crippen molar-refractivity contribution in [3.8, 4) is 0 Å². The van der Waals surface area contributed by atoms with Gasteiger partial charge in [0.15, 0.2) is 0 Å². The number of hydrogen-bond acceptors (Lipinski definition) is 3. The normalized spacial score (nSPS) is 16.3. The van der Waals surface area contributed by atoms with E-state index in [9.17, 15) is 9.90 Å². The molecule has 1 aromatic rings. The lowest BCUT2D eigenvalue weighted by Crippen LogP contribution is -2.45. The summed E-state index contributed by atoms with van der Waals surface area (Å²) in [6.45, 7) is 10.8. The van der Waals surface area contributed by atoms with Crippen LogP contribution in [0.4, 0.5) is 4.79 Å². The van der Waals surface area contributed by atoms with E-state index in [0.717, 1.165) is 0 Å². The van der Waals surface area contributed by atoms with Gasteiger partial charge in [-0.2, -0.15) is 0 Å². The molecule has 1 heterocycles. The van der Waals surface area contributed by atoms with Gasteiger partial charge in [-0.1, -0.05) is 27.7 Å². The lowest BCUT2D eigenvalue weighted by Gasteiger charge is -2.27. The van der Waals surface area contributed by atoms with Crippen molar-refractivity contribution in [1.82, 2.24) is 10.6 Å². The third kappa shape index (κ3) is 4.89. The number of aliphatic hydroxyl groups is 1. The zero-order chi connectivity index (χ0) is 15.4. The Balaban J connectivity index is 2.37. The standard InChI is InChI=1S/C15H26N2O3/c1-11(14(2,3)4)9-16-13(18)17-10-15(5,19)12-7-6-8-20-12/h6-8,11,19H,9-10H2,1-5H3,(H2,16,17,18)/t11-,15-/m1/s1. The molecule has 5 nitrogen and oxygen atoms in total. The van der Waals surface area contributed by atoms with E-state index >= 15 is 0 Å². The van der Waals surface area contributed by atoms with Crippen LogP contribution >= 0.6 is 0 Å². The van der Waals surface area contributed by atoms with Crippen molar-refractivity contribution in [3.63, 3.8) is 0 Å². The lowest BCUT2D eigenvalue weighted by atomic mass is 9.82. The fourth-order valence-electron chi connectivity index (χ4n) is 1.54. The highest BCUT2D eigenvalue weighted by Gasteiger charge is 2.27. The predicted molar refractivity (Wildman–Crippen MR) is 78.3 cm³/mol. The molecule has 0 aliphatic heterocycles. The molecule has 0 saturated carbocycles. The Hall–Kier alpha value is -1.49. The zero-order valence-electron chi connectivity index (χ0n) is 13.0. The van der Waals surface area contributed by atoms with Gasteiger partial charge < -0.3 is 20.2 Å². The molecular weight excluding hydrogens is 256 g/mol. The van der Waals surface area contributed by atoms with Gasteiger partial charge in [0.2, 0.25) is 0 Å². The van der Waals surface area contributed by atoms with Crippen LogP contribution in [0, 0.1) is 11.3 Å². The van der Waals surface area contributed by atoms with Crippen LogP contribution in [-0.2, 0) is 5.60 Å². The van der Waals surface area contributed by atoms with Gasteiger partial charge in [0.25, 0.3) is 0 Å². The molecule has 0 radical (unpaired) electrons. The minimum absolute atomic E-state index is 0.0935. The Kier molecular flexibility index (Phi) is 5.22. The maximum atomic E-state index is 11.7. The Bertz CT molecular complexity index is 419. The third-order valence-electron chi connectivity index (χ3n) is 3.69. The summed E-state index contributed by atoms with van der Waals surface area (Å²) in [7, 11) is 0. The molecule has 0 aliphatic carbocycles. The molecule has 114 valence electrons. The van der Waals surface area contributed by atoms with Crippen LogP contribution in [0.2, 0.25) is 0 Å². The van der Waals surface area contributed by atoms with Crippen molar-refractivity contribution in [2.24, 2.45) is 11.3 Å². The third-order valence-corrected chi connectivity index (χ3v) is 3.69. The summed E-state index contributed by atoms with van der Waals surface area (Å²) in [5.41, 5.74) is -1.07. The molecule has 0 unspecified atom stereocenters. The van der Waals surface area contributed by atoms with Crippen LogP contribution in [0.15, 0.2) is 22.8 Å². The number of carbonyl (C=O) groups excluding carboxylic acids is 1. The van der Waals surface area contributed by atoms with Gasteiger partial charge in [-0.25, -0.2) is 4.79 Å². The predicted octanol–water partition coefficient (Wildman–Crippen LogP) is 2.47. The van der Waals surface area contributed by atoms with Gasteiger partial charge in [-0.15, -0.1) is 0 Å². The summed E-state index contributed by atoms with van der Waals surface area (Å²) in [6, 6.07) is 3.10. The van der Waals surface area contributed by atoms with E-state index in [1.807, 2.05) is 0 Å². The molecule has 20 heavy (non-hydrogen) atoms. The topological polar surface area (TPSA) is 74.5 Å². The van der Waals surface area contributed by atoms with E-state index in [1.54, 1.807) is 19.1 Å². The monoisotopic (exact) mass is 282 g/mol. The largest absolute Gasteiger partial charge is 0.466 e. The number of carbonyl (C=O) groups is 1. The van der Waals surface area contributed by atoms with Crippen molar-refractivity contribution in [1.29, 1.82) is 0 Å². The van der Waals surface area contributed by atoms with Gasteiger partial charge in [-0.05, 0) is 30.4 Å². The zero-order valence-corrected chi connectivity index (χ0v) is 13.0. The van der Waals surface area contributed by atoms with Crippen molar-refractivity contribution in [2.75, 3.05) is 13.1 Å². The number of hydrogen-bond donors (Lipinski definition) is 3. The Morgan fingerprint density at radius 3 is 2.50 bits per heavy atom. The molecule has 1 aromatic heterocycles. The number of amides is 2. The van der Waals surface area contributed by atoms with Crippen LogP contribution in [-0.4, -0.2) is 24.2 Å². The molecule has 0 aliphatic rings. The highest BCUT2D eigenvalue weighted by Crippen LogP contribution is 2.24. The Morgan fingerprint density at radius 1 is 1.35 bits per heavy atom. The fraction of sp³-hybridized carbons (Fsp3) is 0.667.